The minimum atomic E-state index is 0.205. The summed E-state index contributed by atoms with van der Waals surface area (Å²) in [5.41, 5.74) is 0. The van der Waals surface area contributed by atoms with Crippen molar-refractivity contribution in [1.29, 1.82) is 0 Å². The van der Waals surface area contributed by atoms with Crippen LogP contribution in [0.5, 0.6) is 0 Å². The summed E-state index contributed by atoms with van der Waals surface area (Å²) < 4.78 is 5.63. The molecular formula is C12H21NO2. The van der Waals surface area contributed by atoms with Gasteiger partial charge < -0.3 is 4.74 Å². The average molecular weight is 211 g/mol. The molecule has 86 valence electrons. The first-order valence-corrected chi connectivity index (χ1v) is 6.19. The Morgan fingerprint density at radius 1 is 1.47 bits per heavy atom. The van der Waals surface area contributed by atoms with Crippen LogP contribution in [0.3, 0.4) is 0 Å². The summed E-state index contributed by atoms with van der Waals surface area (Å²) in [5, 5.41) is 0. The third-order valence-corrected chi connectivity index (χ3v) is 3.59. The van der Waals surface area contributed by atoms with E-state index in [1.165, 1.54) is 6.42 Å². The lowest BCUT2D eigenvalue weighted by molar-refractivity contribution is -0.130. The molecule has 1 heterocycles. The first-order chi connectivity index (χ1) is 7.31. The SMILES string of the molecule is CCC1CN(C2CCCCC2=O)CCO1. The van der Waals surface area contributed by atoms with E-state index in [1.807, 2.05) is 0 Å². The molecule has 2 unspecified atom stereocenters. The maximum atomic E-state index is 11.8. The van der Waals surface area contributed by atoms with Gasteiger partial charge in [0.2, 0.25) is 0 Å². The summed E-state index contributed by atoms with van der Waals surface area (Å²) in [6, 6.07) is 0.205. The topological polar surface area (TPSA) is 29.5 Å². The predicted molar refractivity (Wildman–Crippen MR) is 58.9 cm³/mol. The number of morpholine rings is 1. The maximum absolute atomic E-state index is 11.8. The second-order valence-corrected chi connectivity index (χ2v) is 4.62. The molecule has 2 aliphatic rings. The van der Waals surface area contributed by atoms with Gasteiger partial charge in [-0.15, -0.1) is 0 Å². The first-order valence-electron chi connectivity index (χ1n) is 6.19. The quantitative estimate of drug-likeness (QED) is 0.695. The Kier molecular flexibility index (Phi) is 3.76. The van der Waals surface area contributed by atoms with Gasteiger partial charge >= 0.3 is 0 Å². The van der Waals surface area contributed by atoms with Crippen LogP contribution >= 0.6 is 0 Å². The van der Waals surface area contributed by atoms with Crippen molar-refractivity contribution in [3.8, 4) is 0 Å². The van der Waals surface area contributed by atoms with Crippen molar-refractivity contribution in [1.82, 2.24) is 4.90 Å². The van der Waals surface area contributed by atoms with Gasteiger partial charge in [-0.1, -0.05) is 13.3 Å². The van der Waals surface area contributed by atoms with E-state index in [9.17, 15) is 4.79 Å². The highest BCUT2D eigenvalue weighted by molar-refractivity contribution is 5.84. The molecule has 0 aromatic rings. The summed E-state index contributed by atoms with van der Waals surface area (Å²) in [6.45, 7) is 4.83. The van der Waals surface area contributed by atoms with Crippen LogP contribution < -0.4 is 0 Å². The van der Waals surface area contributed by atoms with Crippen LogP contribution in [-0.4, -0.2) is 42.5 Å². The molecule has 1 saturated heterocycles. The summed E-state index contributed by atoms with van der Waals surface area (Å²) >= 11 is 0. The van der Waals surface area contributed by atoms with Crippen LogP contribution in [0.25, 0.3) is 0 Å². The molecule has 0 N–H and O–H groups in total. The van der Waals surface area contributed by atoms with E-state index >= 15 is 0 Å². The van der Waals surface area contributed by atoms with Gasteiger partial charge in [0.1, 0.15) is 5.78 Å². The van der Waals surface area contributed by atoms with E-state index in [-0.39, 0.29) is 6.04 Å². The highest BCUT2D eigenvalue weighted by Crippen LogP contribution is 2.22. The third kappa shape index (κ3) is 2.58. The Labute approximate surface area is 91.8 Å². The van der Waals surface area contributed by atoms with E-state index in [0.717, 1.165) is 45.4 Å². The van der Waals surface area contributed by atoms with Gasteiger partial charge in [-0.25, -0.2) is 0 Å². The van der Waals surface area contributed by atoms with Gasteiger partial charge in [-0.2, -0.15) is 0 Å². The minimum absolute atomic E-state index is 0.205. The van der Waals surface area contributed by atoms with Gasteiger partial charge in [0.25, 0.3) is 0 Å². The van der Waals surface area contributed by atoms with Crippen molar-refractivity contribution in [3.63, 3.8) is 0 Å². The lowest BCUT2D eigenvalue weighted by atomic mass is 9.92. The molecule has 3 heteroatoms. The number of hydrogen-bond acceptors (Lipinski definition) is 3. The molecular weight excluding hydrogens is 190 g/mol. The van der Waals surface area contributed by atoms with Crippen LogP contribution in [-0.2, 0) is 9.53 Å². The number of carbonyl (C=O) groups excluding carboxylic acids is 1. The van der Waals surface area contributed by atoms with Crippen molar-refractivity contribution in [3.05, 3.63) is 0 Å². The van der Waals surface area contributed by atoms with Gasteiger partial charge in [-0.05, 0) is 19.3 Å². The average Bonchev–Trinajstić information content (AvgIpc) is 2.30. The number of ketones is 1. The number of nitrogens with zero attached hydrogens (tertiary/aromatic N) is 1. The highest BCUT2D eigenvalue weighted by Gasteiger charge is 2.31. The Morgan fingerprint density at radius 2 is 2.33 bits per heavy atom. The minimum Gasteiger partial charge on any atom is -0.376 e. The fourth-order valence-corrected chi connectivity index (χ4v) is 2.62. The molecule has 2 rings (SSSR count). The van der Waals surface area contributed by atoms with Crippen molar-refractivity contribution < 1.29 is 9.53 Å². The molecule has 0 radical (unpaired) electrons. The zero-order valence-corrected chi connectivity index (χ0v) is 9.58. The van der Waals surface area contributed by atoms with Gasteiger partial charge in [0.15, 0.2) is 0 Å². The number of ether oxygens (including phenoxy) is 1. The molecule has 0 aromatic carbocycles. The van der Waals surface area contributed by atoms with Crippen molar-refractivity contribution >= 4 is 5.78 Å². The molecule has 0 amide bonds. The van der Waals surface area contributed by atoms with Crippen LogP contribution in [0.1, 0.15) is 39.0 Å². The van der Waals surface area contributed by atoms with Crippen LogP contribution in [0.2, 0.25) is 0 Å². The summed E-state index contributed by atoms with van der Waals surface area (Å²) in [4.78, 5) is 14.2. The Bertz CT molecular complexity index is 230. The molecule has 0 spiro atoms. The molecule has 2 fully saturated rings. The molecule has 2 atom stereocenters. The van der Waals surface area contributed by atoms with E-state index in [4.69, 9.17) is 4.74 Å². The summed E-state index contributed by atoms with van der Waals surface area (Å²) in [6.07, 6.45) is 5.56. The lowest BCUT2D eigenvalue weighted by Crippen LogP contribution is -2.51. The van der Waals surface area contributed by atoms with Crippen LogP contribution in [0.15, 0.2) is 0 Å². The molecule has 15 heavy (non-hydrogen) atoms. The number of carbonyl (C=O) groups is 1. The second kappa shape index (κ2) is 5.08. The standard InChI is InChI=1S/C12H21NO2/c1-2-10-9-13(7-8-15-10)11-5-3-4-6-12(11)14/h10-11H,2-9H2,1H3. The predicted octanol–water partition coefficient (Wildman–Crippen LogP) is 1.61. The van der Waals surface area contributed by atoms with Crippen LogP contribution in [0, 0.1) is 0 Å². The smallest absolute Gasteiger partial charge is 0.149 e. The number of rotatable bonds is 2. The fraction of sp³-hybridized carbons (Fsp3) is 0.917. The van der Waals surface area contributed by atoms with E-state index in [2.05, 4.69) is 11.8 Å². The Hall–Kier alpha value is -0.410. The second-order valence-electron chi connectivity index (χ2n) is 4.62. The number of hydrogen-bond donors (Lipinski definition) is 0. The van der Waals surface area contributed by atoms with Gasteiger partial charge in [0.05, 0.1) is 18.8 Å². The largest absolute Gasteiger partial charge is 0.376 e. The number of Topliss-reactive ketones (excluding diaryl/α,β-unsaturated/α-hetero) is 1. The molecule has 0 aromatic heterocycles. The molecule has 1 aliphatic carbocycles. The van der Waals surface area contributed by atoms with Crippen LogP contribution in [0.4, 0.5) is 0 Å². The molecule has 0 bridgehead atoms. The van der Waals surface area contributed by atoms with Crippen molar-refractivity contribution in [2.24, 2.45) is 0 Å². The summed E-state index contributed by atoms with van der Waals surface area (Å²) in [7, 11) is 0. The van der Waals surface area contributed by atoms with E-state index < -0.39 is 0 Å². The third-order valence-electron chi connectivity index (χ3n) is 3.59. The summed E-state index contributed by atoms with van der Waals surface area (Å²) in [5.74, 6) is 0.456. The van der Waals surface area contributed by atoms with Gasteiger partial charge in [-0.3, -0.25) is 9.69 Å². The zero-order chi connectivity index (χ0) is 10.7. The zero-order valence-electron chi connectivity index (χ0n) is 9.58. The van der Waals surface area contributed by atoms with Gasteiger partial charge in [0, 0.05) is 19.5 Å². The monoisotopic (exact) mass is 211 g/mol. The Morgan fingerprint density at radius 3 is 3.07 bits per heavy atom. The Balaban J connectivity index is 1.93. The first kappa shape index (κ1) is 11.1. The van der Waals surface area contributed by atoms with E-state index in [1.54, 1.807) is 0 Å². The van der Waals surface area contributed by atoms with Crippen molar-refractivity contribution in [2.45, 2.75) is 51.2 Å². The highest BCUT2D eigenvalue weighted by atomic mass is 16.5. The van der Waals surface area contributed by atoms with Crippen molar-refractivity contribution in [2.75, 3.05) is 19.7 Å². The molecule has 1 saturated carbocycles. The maximum Gasteiger partial charge on any atom is 0.149 e. The molecule has 3 nitrogen and oxygen atoms in total. The lowest BCUT2D eigenvalue weighted by Gasteiger charge is -2.38. The fourth-order valence-electron chi connectivity index (χ4n) is 2.62. The normalized spacial score (nSPS) is 34.3. The molecule has 1 aliphatic heterocycles. The van der Waals surface area contributed by atoms with E-state index in [0.29, 0.717) is 11.9 Å².